The van der Waals surface area contributed by atoms with E-state index in [1.165, 1.54) is 38.1 Å². The van der Waals surface area contributed by atoms with Gasteiger partial charge in [0.2, 0.25) is 5.75 Å². The summed E-state index contributed by atoms with van der Waals surface area (Å²) in [5, 5.41) is 5.29. The largest absolute Gasteiger partial charge is 0.493 e. The van der Waals surface area contributed by atoms with E-state index in [9.17, 15) is 18.9 Å². The van der Waals surface area contributed by atoms with Gasteiger partial charge in [-0.3, -0.25) is 9.59 Å². The van der Waals surface area contributed by atoms with Crippen LogP contribution in [0.2, 0.25) is 0 Å². The van der Waals surface area contributed by atoms with Crippen molar-refractivity contribution < 1.29 is 28.2 Å². The first-order valence-electron chi connectivity index (χ1n) is 11.9. The van der Waals surface area contributed by atoms with Gasteiger partial charge in [0.05, 0.1) is 32.3 Å². The van der Waals surface area contributed by atoms with Crippen molar-refractivity contribution in [2.75, 3.05) is 27.6 Å². The first kappa shape index (κ1) is 27.9. The molecule has 1 atom stereocenters. The highest BCUT2D eigenvalue weighted by atomic mass is 32.2. The smallest absolute Gasteiger partial charge is 0.251 e. The summed E-state index contributed by atoms with van der Waals surface area (Å²) in [5.41, 5.74) is 3.06. The van der Waals surface area contributed by atoms with Crippen LogP contribution in [0.3, 0.4) is 0 Å². The second kappa shape index (κ2) is 12.2. The molecule has 3 aromatic carbocycles. The number of hydrogen-bond donors (Lipinski definition) is 1. The Labute approximate surface area is 228 Å². The van der Waals surface area contributed by atoms with Crippen LogP contribution in [0.1, 0.15) is 39.5 Å². The van der Waals surface area contributed by atoms with E-state index in [2.05, 4.69) is 15.5 Å². The van der Waals surface area contributed by atoms with Crippen LogP contribution >= 0.6 is 11.8 Å². The van der Waals surface area contributed by atoms with Crippen LogP contribution in [0.4, 0.5) is 4.39 Å². The van der Waals surface area contributed by atoms with Gasteiger partial charge in [-0.15, -0.1) is 16.7 Å². The number of amides is 1. The Morgan fingerprint density at radius 3 is 2.49 bits per heavy atom. The van der Waals surface area contributed by atoms with E-state index in [0.29, 0.717) is 40.5 Å². The number of carbonyl (C=O) groups excluding carboxylic acids is 1. The zero-order valence-corrected chi connectivity index (χ0v) is 22.6. The Balaban J connectivity index is 1.86. The van der Waals surface area contributed by atoms with Crippen molar-refractivity contribution in [1.82, 2.24) is 5.32 Å². The van der Waals surface area contributed by atoms with Crippen molar-refractivity contribution in [3.8, 4) is 28.4 Å². The second-order valence-corrected chi connectivity index (χ2v) is 9.56. The van der Waals surface area contributed by atoms with E-state index in [-0.39, 0.29) is 23.2 Å². The Hall–Kier alpha value is -4.12. The van der Waals surface area contributed by atoms with Crippen molar-refractivity contribution in [3.63, 3.8) is 0 Å². The topological polar surface area (TPSA) is 113 Å². The van der Waals surface area contributed by atoms with Crippen LogP contribution in [0.15, 0.2) is 57.5 Å². The first-order valence-corrected chi connectivity index (χ1v) is 13.2. The van der Waals surface area contributed by atoms with Crippen molar-refractivity contribution >= 4 is 17.7 Å². The molecule has 1 aliphatic rings. The number of thioether (sulfide) groups is 1. The minimum Gasteiger partial charge on any atom is -0.493 e. The minimum absolute atomic E-state index is 0.0381. The van der Waals surface area contributed by atoms with Gasteiger partial charge in [-0.25, -0.2) is 4.39 Å². The van der Waals surface area contributed by atoms with Crippen LogP contribution in [-0.4, -0.2) is 33.5 Å². The molecule has 1 amide bonds. The van der Waals surface area contributed by atoms with Crippen LogP contribution in [0.5, 0.6) is 17.2 Å². The summed E-state index contributed by atoms with van der Waals surface area (Å²) < 4.78 is 31.2. The molecular weight excluding hydrogens is 527 g/mol. The number of nitrogens with zero attached hydrogens (tertiary/aromatic N) is 1. The lowest BCUT2D eigenvalue weighted by molar-refractivity contribution is 0.0933. The summed E-state index contributed by atoms with van der Waals surface area (Å²) in [6.07, 6.45) is 2.70. The molecule has 0 saturated heterocycles. The zero-order chi connectivity index (χ0) is 28.1. The number of ether oxygens (including phenoxy) is 3. The number of carbonyl (C=O) groups is 1. The third kappa shape index (κ3) is 5.68. The normalized spacial score (nSPS) is 13.8. The molecule has 204 valence electrons. The summed E-state index contributed by atoms with van der Waals surface area (Å²) in [4.78, 5) is 41.8. The van der Waals surface area contributed by atoms with E-state index in [4.69, 9.17) is 14.2 Å². The molecule has 4 rings (SSSR count). The number of benzene rings is 2. The van der Waals surface area contributed by atoms with Gasteiger partial charge in [0.15, 0.2) is 22.3 Å². The van der Waals surface area contributed by atoms with Gasteiger partial charge in [-0.05, 0) is 77.7 Å². The van der Waals surface area contributed by atoms with Crippen LogP contribution in [-0.2, 0) is 17.9 Å². The highest BCUT2D eigenvalue weighted by molar-refractivity contribution is 7.98. The molecule has 0 aliphatic heterocycles. The van der Waals surface area contributed by atoms with E-state index in [1.807, 2.05) is 18.4 Å². The fraction of sp³-hybridized carbons (Fsp3) is 0.286. The van der Waals surface area contributed by atoms with E-state index < -0.39 is 17.8 Å². The molecule has 0 radical (unpaired) electrons. The van der Waals surface area contributed by atoms with E-state index >= 15 is 0 Å². The van der Waals surface area contributed by atoms with Gasteiger partial charge < -0.3 is 24.4 Å². The average Bonchev–Trinajstić information content (AvgIpc) is 3.18. The summed E-state index contributed by atoms with van der Waals surface area (Å²) in [5.74, 6) is 0.185. The molecule has 0 heterocycles. The fourth-order valence-corrected chi connectivity index (χ4v) is 5.30. The standard InChI is InChI=1S/C28H27FN2O7S/c1-35-24-13-20-18-6-8-25(39-4)23(32)12-21(18)22(7-5-19(20)26(36-2)27(24)37-3)30-28(33)16-9-15(14-38-31-34)10-17(29)11-16/h6,8-13,22H,5,7,14H2,1-4H3,(H,30,33)/t22-/m0/s1. The van der Waals surface area contributed by atoms with Gasteiger partial charge in [-0.2, -0.15) is 0 Å². The molecule has 0 spiro atoms. The molecule has 1 N–H and O–H groups in total. The van der Waals surface area contributed by atoms with Crippen molar-refractivity contribution in [1.29, 1.82) is 0 Å². The van der Waals surface area contributed by atoms with Crippen molar-refractivity contribution in [3.05, 3.63) is 85.7 Å². The third-order valence-electron chi connectivity index (χ3n) is 6.55. The fourth-order valence-electron chi connectivity index (χ4n) is 4.84. The monoisotopic (exact) mass is 554 g/mol. The molecule has 0 bridgehead atoms. The molecule has 0 fully saturated rings. The molecular formula is C28H27FN2O7S. The number of fused-ring (bicyclic) bond motifs is 3. The molecule has 3 aromatic rings. The van der Waals surface area contributed by atoms with Gasteiger partial charge in [0.1, 0.15) is 12.4 Å². The number of nitrogens with one attached hydrogen (secondary N) is 1. The van der Waals surface area contributed by atoms with Gasteiger partial charge in [-0.1, -0.05) is 6.07 Å². The first-order chi connectivity index (χ1) is 18.8. The minimum atomic E-state index is -0.664. The Morgan fingerprint density at radius 2 is 1.82 bits per heavy atom. The molecule has 0 saturated carbocycles. The maximum atomic E-state index is 14.3. The van der Waals surface area contributed by atoms with Crippen LogP contribution < -0.4 is 25.0 Å². The number of methoxy groups -OCH3 is 3. The average molecular weight is 555 g/mol. The van der Waals surface area contributed by atoms with Gasteiger partial charge in [0.25, 0.3) is 5.91 Å². The highest BCUT2D eigenvalue weighted by Gasteiger charge is 2.29. The summed E-state index contributed by atoms with van der Waals surface area (Å²) in [6.45, 7) is -0.278. The van der Waals surface area contributed by atoms with E-state index in [0.717, 1.165) is 28.8 Å². The summed E-state index contributed by atoms with van der Waals surface area (Å²) in [7, 11) is 4.60. The molecule has 0 aromatic heterocycles. The predicted molar refractivity (Wildman–Crippen MR) is 145 cm³/mol. The Bertz CT molecular complexity index is 1480. The third-order valence-corrected chi connectivity index (χ3v) is 7.33. The lowest BCUT2D eigenvalue weighted by Crippen LogP contribution is -2.29. The summed E-state index contributed by atoms with van der Waals surface area (Å²) in [6, 6.07) is 10.0. The maximum Gasteiger partial charge on any atom is 0.251 e. The summed E-state index contributed by atoms with van der Waals surface area (Å²) >= 11 is 1.32. The number of hydrogen-bond acceptors (Lipinski definition) is 9. The molecule has 39 heavy (non-hydrogen) atoms. The molecule has 9 nitrogen and oxygen atoms in total. The number of rotatable bonds is 9. The van der Waals surface area contributed by atoms with Gasteiger partial charge in [0, 0.05) is 11.1 Å². The molecule has 1 aliphatic carbocycles. The quantitative estimate of drug-likeness (QED) is 0.218. The lowest BCUT2D eigenvalue weighted by atomic mass is 9.96. The van der Waals surface area contributed by atoms with Crippen LogP contribution in [0, 0.1) is 10.7 Å². The predicted octanol–water partition coefficient (Wildman–Crippen LogP) is 5.22. The van der Waals surface area contributed by atoms with Crippen molar-refractivity contribution in [2.24, 2.45) is 5.34 Å². The lowest BCUT2D eigenvalue weighted by Gasteiger charge is -2.19. The zero-order valence-electron chi connectivity index (χ0n) is 21.8. The van der Waals surface area contributed by atoms with Crippen LogP contribution in [0.25, 0.3) is 11.1 Å². The van der Waals surface area contributed by atoms with Gasteiger partial charge >= 0.3 is 0 Å². The van der Waals surface area contributed by atoms with E-state index in [1.54, 1.807) is 13.2 Å². The molecule has 0 unspecified atom stereocenters. The highest BCUT2D eigenvalue weighted by Crippen LogP contribution is 2.49. The van der Waals surface area contributed by atoms with Crippen molar-refractivity contribution in [2.45, 2.75) is 30.4 Å². The SMILES string of the molecule is COc1cc2c(c(OC)c1OC)CC[C@H](NC(=O)c1cc(F)cc(CON=O)c1)c1cc(=O)c(SC)ccc1-2. The Kier molecular flexibility index (Phi) is 8.70. The molecule has 11 heteroatoms. The maximum absolute atomic E-state index is 14.3. The second-order valence-electron chi connectivity index (χ2n) is 8.71. The number of halogens is 1. The Morgan fingerprint density at radius 1 is 1.05 bits per heavy atom.